The van der Waals surface area contributed by atoms with Crippen LogP contribution in [0.15, 0.2) is 12.7 Å². The van der Waals surface area contributed by atoms with Crippen LogP contribution < -0.4 is 11.1 Å². The third-order valence-electron chi connectivity index (χ3n) is 1.85. The highest BCUT2D eigenvalue weighted by Crippen LogP contribution is 1.91. The molecular weight excluding hydrogens is 228 g/mol. The van der Waals surface area contributed by atoms with E-state index in [0.717, 1.165) is 12.8 Å². The molecule has 0 aromatic heterocycles. The van der Waals surface area contributed by atoms with Crippen LogP contribution in [0.5, 0.6) is 0 Å². The molecule has 0 spiro atoms. The normalized spacial score (nSPS) is 11.4. The lowest BCUT2D eigenvalue weighted by molar-refractivity contribution is -0.121. The van der Waals surface area contributed by atoms with Gasteiger partial charge in [0.1, 0.15) is 0 Å². The number of nitrogens with two attached hydrogens (primary N) is 1. The molecule has 0 fully saturated rings. The van der Waals surface area contributed by atoms with Crippen molar-refractivity contribution in [1.29, 1.82) is 0 Å². The first kappa shape index (κ1) is 17.8. The summed E-state index contributed by atoms with van der Waals surface area (Å²) in [4.78, 5) is 11.2. The molecule has 0 heterocycles. The van der Waals surface area contributed by atoms with Gasteiger partial charge in [0, 0.05) is 25.6 Å². The molecule has 0 bridgehead atoms. The molecule has 0 aliphatic rings. The molecule has 0 aromatic carbocycles. The fourth-order valence-electron chi connectivity index (χ4n) is 1.03. The fourth-order valence-corrected chi connectivity index (χ4v) is 1.03. The molecule has 3 N–H and O–H groups in total. The smallest absolute Gasteiger partial charge is 0.220 e. The Bertz CT molecular complexity index is 187. The van der Waals surface area contributed by atoms with E-state index in [0.29, 0.717) is 26.2 Å². The summed E-state index contributed by atoms with van der Waals surface area (Å²) in [6.45, 7) is 7.27. The Kier molecular flexibility index (Phi) is 13.9. The number of rotatable bonds is 9. The molecule has 5 heteroatoms. The second-order valence-corrected chi connectivity index (χ2v) is 3.58. The second kappa shape index (κ2) is 12.5. The molecule has 96 valence electrons. The van der Waals surface area contributed by atoms with E-state index < -0.39 is 0 Å². The molecule has 0 rings (SSSR count). The van der Waals surface area contributed by atoms with E-state index in [1.807, 2.05) is 6.92 Å². The summed E-state index contributed by atoms with van der Waals surface area (Å²) in [7, 11) is 0. The number of hydrogen-bond donors (Lipinski definition) is 2. The molecule has 0 aromatic rings. The van der Waals surface area contributed by atoms with Gasteiger partial charge in [-0.25, -0.2) is 0 Å². The Morgan fingerprint density at radius 1 is 1.62 bits per heavy atom. The van der Waals surface area contributed by atoms with Crippen LogP contribution in [0, 0.1) is 0 Å². The highest BCUT2D eigenvalue weighted by atomic mass is 35.5. The first-order chi connectivity index (χ1) is 7.16. The van der Waals surface area contributed by atoms with Gasteiger partial charge >= 0.3 is 0 Å². The third-order valence-corrected chi connectivity index (χ3v) is 1.85. The van der Waals surface area contributed by atoms with Gasteiger partial charge in [-0.15, -0.1) is 19.0 Å². The molecule has 0 aliphatic heterocycles. The zero-order valence-corrected chi connectivity index (χ0v) is 10.7. The van der Waals surface area contributed by atoms with Gasteiger partial charge in [-0.3, -0.25) is 4.79 Å². The van der Waals surface area contributed by atoms with Crippen LogP contribution in [0.3, 0.4) is 0 Å². The first-order valence-electron chi connectivity index (χ1n) is 5.37. The van der Waals surface area contributed by atoms with Gasteiger partial charge in [0.15, 0.2) is 0 Å². The average molecular weight is 251 g/mol. The molecule has 0 aliphatic carbocycles. The van der Waals surface area contributed by atoms with E-state index in [2.05, 4.69) is 11.9 Å². The predicted molar refractivity (Wildman–Crippen MR) is 68.8 cm³/mol. The molecule has 0 radical (unpaired) electrons. The van der Waals surface area contributed by atoms with Crippen molar-refractivity contribution in [1.82, 2.24) is 5.32 Å². The Labute approximate surface area is 104 Å². The van der Waals surface area contributed by atoms with Gasteiger partial charge < -0.3 is 15.8 Å². The lowest BCUT2D eigenvalue weighted by Gasteiger charge is -2.07. The maximum absolute atomic E-state index is 11.2. The summed E-state index contributed by atoms with van der Waals surface area (Å²) < 4.78 is 5.16. The molecule has 1 unspecified atom stereocenters. The molecule has 4 nitrogen and oxygen atoms in total. The Morgan fingerprint density at radius 3 is 2.88 bits per heavy atom. The van der Waals surface area contributed by atoms with Crippen LogP contribution in [0.2, 0.25) is 0 Å². The summed E-state index contributed by atoms with van der Waals surface area (Å²) >= 11 is 0. The highest BCUT2D eigenvalue weighted by molar-refractivity contribution is 5.85. The van der Waals surface area contributed by atoms with Crippen LogP contribution in [-0.4, -0.2) is 31.7 Å². The van der Waals surface area contributed by atoms with Crippen molar-refractivity contribution in [3.63, 3.8) is 0 Å². The zero-order chi connectivity index (χ0) is 11.5. The average Bonchev–Trinajstić information content (AvgIpc) is 2.17. The summed E-state index contributed by atoms with van der Waals surface area (Å²) in [5, 5.41) is 2.81. The Hall–Kier alpha value is -0.580. The van der Waals surface area contributed by atoms with Crippen molar-refractivity contribution in [3.05, 3.63) is 12.7 Å². The molecule has 1 amide bonds. The topological polar surface area (TPSA) is 64.3 Å². The quantitative estimate of drug-likeness (QED) is 0.478. The minimum absolute atomic E-state index is 0. The summed E-state index contributed by atoms with van der Waals surface area (Å²) in [5.74, 6) is 0.0675. The highest BCUT2D eigenvalue weighted by Gasteiger charge is 2.00. The second-order valence-electron chi connectivity index (χ2n) is 3.58. The van der Waals surface area contributed by atoms with Crippen molar-refractivity contribution < 1.29 is 9.53 Å². The van der Waals surface area contributed by atoms with E-state index in [1.54, 1.807) is 6.08 Å². The van der Waals surface area contributed by atoms with Crippen LogP contribution in [-0.2, 0) is 9.53 Å². The minimum Gasteiger partial charge on any atom is -0.377 e. The predicted octanol–water partition coefficient (Wildman–Crippen LogP) is 1.24. The lowest BCUT2D eigenvalue weighted by Crippen LogP contribution is -2.28. The van der Waals surface area contributed by atoms with Gasteiger partial charge in [0.25, 0.3) is 0 Å². The van der Waals surface area contributed by atoms with Gasteiger partial charge in [0.2, 0.25) is 5.91 Å². The molecular formula is C11H23ClN2O2. The maximum atomic E-state index is 11.2. The van der Waals surface area contributed by atoms with E-state index in [1.165, 1.54) is 0 Å². The van der Waals surface area contributed by atoms with E-state index >= 15 is 0 Å². The van der Waals surface area contributed by atoms with Crippen LogP contribution in [0.4, 0.5) is 0 Å². The lowest BCUT2D eigenvalue weighted by atomic mass is 10.2. The number of nitrogens with one attached hydrogen (secondary N) is 1. The summed E-state index contributed by atoms with van der Waals surface area (Å²) in [6.07, 6.45) is 3.77. The standard InChI is InChI=1S/C11H22N2O2.ClH/c1-3-8-15-9-4-5-11(14)13-7-6-10(2)12;/h3,10H,1,4-9,12H2,2H3,(H,13,14);1H. The zero-order valence-electron chi connectivity index (χ0n) is 9.91. The maximum Gasteiger partial charge on any atom is 0.220 e. The van der Waals surface area contributed by atoms with Gasteiger partial charge in [-0.2, -0.15) is 0 Å². The Morgan fingerprint density at radius 2 is 2.31 bits per heavy atom. The van der Waals surface area contributed by atoms with Crippen molar-refractivity contribution in [2.24, 2.45) is 5.73 Å². The van der Waals surface area contributed by atoms with Crippen LogP contribution in [0.1, 0.15) is 26.2 Å². The van der Waals surface area contributed by atoms with Gasteiger partial charge in [0.05, 0.1) is 6.61 Å². The molecule has 0 saturated heterocycles. The summed E-state index contributed by atoms with van der Waals surface area (Å²) in [5.41, 5.74) is 5.55. The first-order valence-corrected chi connectivity index (χ1v) is 5.37. The Balaban J connectivity index is 0. The third kappa shape index (κ3) is 13.4. The van der Waals surface area contributed by atoms with E-state index in [9.17, 15) is 4.79 Å². The monoisotopic (exact) mass is 250 g/mol. The van der Waals surface area contributed by atoms with Crippen molar-refractivity contribution in [3.8, 4) is 0 Å². The number of amides is 1. The van der Waals surface area contributed by atoms with Crippen molar-refractivity contribution in [2.75, 3.05) is 19.8 Å². The summed E-state index contributed by atoms with van der Waals surface area (Å²) in [6, 6.07) is 0.140. The van der Waals surface area contributed by atoms with Crippen molar-refractivity contribution in [2.45, 2.75) is 32.2 Å². The van der Waals surface area contributed by atoms with E-state index in [-0.39, 0.29) is 24.4 Å². The van der Waals surface area contributed by atoms with Gasteiger partial charge in [-0.05, 0) is 19.8 Å². The fraction of sp³-hybridized carbons (Fsp3) is 0.727. The molecule has 0 saturated carbocycles. The largest absolute Gasteiger partial charge is 0.377 e. The van der Waals surface area contributed by atoms with Crippen LogP contribution >= 0.6 is 12.4 Å². The number of hydrogen-bond acceptors (Lipinski definition) is 3. The number of carbonyl (C=O) groups is 1. The van der Waals surface area contributed by atoms with E-state index in [4.69, 9.17) is 10.5 Å². The molecule has 1 atom stereocenters. The van der Waals surface area contributed by atoms with Crippen LogP contribution in [0.25, 0.3) is 0 Å². The van der Waals surface area contributed by atoms with Gasteiger partial charge in [-0.1, -0.05) is 6.08 Å². The SMILES string of the molecule is C=CCOCCCC(=O)NCCC(C)N.Cl. The molecule has 16 heavy (non-hydrogen) atoms. The number of ether oxygens (including phenoxy) is 1. The van der Waals surface area contributed by atoms with Crippen molar-refractivity contribution >= 4 is 18.3 Å². The number of halogens is 1. The minimum atomic E-state index is 0. The number of carbonyl (C=O) groups excluding carboxylic acids is 1.